The van der Waals surface area contributed by atoms with Crippen molar-refractivity contribution >= 4 is 11.0 Å². The number of likely N-dealkylation sites (tertiary alicyclic amines) is 1. The largest absolute Gasteiger partial charge is 0.461 e. The summed E-state index contributed by atoms with van der Waals surface area (Å²) in [5.74, 6) is 1.07. The number of hydrogen-bond donors (Lipinski definition) is 0. The molecule has 2 heterocycles. The average molecular weight is 344 g/mol. The van der Waals surface area contributed by atoms with Crippen LogP contribution in [0.15, 0.2) is 46.9 Å². The van der Waals surface area contributed by atoms with Gasteiger partial charge in [0.2, 0.25) is 0 Å². The summed E-state index contributed by atoms with van der Waals surface area (Å²) in [5, 5.41) is 10.2. The van der Waals surface area contributed by atoms with Gasteiger partial charge in [-0.1, -0.05) is 18.2 Å². The molecule has 0 unspecified atom stereocenters. The molecule has 1 atom stereocenters. The lowest BCUT2D eigenvalue weighted by atomic mass is 9.97. The number of fused-ring (bicyclic) bond motifs is 1. The van der Waals surface area contributed by atoms with E-state index in [1.54, 1.807) is 0 Å². The third-order valence-electron chi connectivity index (χ3n) is 5.68. The van der Waals surface area contributed by atoms with Gasteiger partial charge in [0, 0.05) is 24.4 Å². The highest BCUT2D eigenvalue weighted by molar-refractivity contribution is 5.88. The first kappa shape index (κ1) is 16.9. The Labute approximate surface area is 154 Å². The van der Waals surface area contributed by atoms with Crippen molar-refractivity contribution in [1.82, 2.24) is 4.90 Å². The Morgan fingerprint density at radius 1 is 1.19 bits per heavy atom. The number of rotatable bonds is 4. The standard InChI is InChI=1S/C23H24N2O/c1-16-4-3-12-25(16)13-11-20-14-22-17(2)21(9-10-23(22)26-20)19-7-5-18(15-24)6-8-19/h5-10,14,16H,3-4,11-13H2,1-2H3/t16-/m1/s1. The van der Waals surface area contributed by atoms with E-state index in [4.69, 9.17) is 9.68 Å². The quantitative estimate of drug-likeness (QED) is 0.644. The van der Waals surface area contributed by atoms with Gasteiger partial charge < -0.3 is 9.32 Å². The molecule has 0 spiro atoms. The van der Waals surface area contributed by atoms with Crippen molar-refractivity contribution in [2.24, 2.45) is 0 Å². The number of hydrogen-bond acceptors (Lipinski definition) is 3. The molecule has 1 aromatic heterocycles. The lowest BCUT2D eigenvalue weighted by molar-refractivity contribution is 0.266. The molecular formula is C23H24N2O. The summed E-state index contributed by atoms with van der Waals surface area (Å²) in [4.78, 5) is 2.56. The first-order valence-electron chi connectivity index (χ1n) is 9.42. The molecule has 132 valence electrons. The maximum atomic E-state index is 8.98. The molecule has 2 aromatic carbocycles. The van der Waals surface area contributed by atoms with Gasteiger partial charge in [-0.15, -0.1) is 0 Å². The maximum Gasteiger partial charge on any atom is 0.134 e. The first-order chi connectivity index (χ1) is 12.7. The van der Waals surface area contributed by atoms with Gasteiger partial charge in [-0.25, -0.2) is 0 Å². The third kappa shape index (κ3) is 3.13. The van der Waals surface area contributed by atoms with Crippen LogP contribution in [0.5, 0.6) is 0 Å². The molecule has 3 heteroatoms. The minimum atomic E-state index is 0.689. The Balaban J connectivity index is 1.59. The summed E-state index contributed by atoms with van der Waals surface area (Å²) in [5.41, 5.74) is 5.22. The maximum absolute atomic E-state index is 8.98. The molecule has 1 aliphatic heterocycles. The molecule has 26 heavy (non-hydrogen) atoms. The van der Waals surface area contributed by atoms with Crippen LogP contribution in [-0.2, 0) is 6.42 Å². The van der Waals surface area contributed by atoms with Gasteiger partial charge in [0.05, 0.1) is 11.6 Å². The highest BCUT2D eigenvalue weighted by atomic mass is 16.3. The third-order valence-corrected chi connectivity index (χ3v) is 5.68. The van der Waals surface area contributed by atoms with Crippen molar-refractivity contribution in [1.29, 1.82) is 5.26 Å². The second-order valence-electron chi connectivity index (χ2n) is 7.33. The number of aryl methyl sites for hydroxylation is 1. The number of furan rings is 1. The predicted molar refractivity (Wildman–Crippen MR) is 105 cm³/mol. The smallest absolute Gasteiger partial charge is 0.134 e. The normalized spacial score (nSPS) is 17.7. The molecule has 0 saturated carbocycles. The second kappa shape index (κ2) is 6.97. The van der Waals surface area contributed by atoms with Gasteiger partial charge in [0.15, 0.2) is 0 Å². The van der Waals surface area contributed by atoms with Gasteiger partial charge in [-0.05, 0) is 74.2 Å². The van der Waals surface area contributed by atoms with Crippen LogP contribution in [-0.4, -0.2) is 24.0 Å². The highest BCUT2D eigenvalue weighted by Crippen LogP contribution is 2.32. The van der Waals surface area contributed by atoms with E-state index in [1.807, 2.05) is 24.3 Å². The van der Waals surface area contributed by atoms with Gasteiger partial charge >= 0.3 is 0 Å². The fraction of sp³-hybridized carbons (Fsp3) is 0.348. The van der Waals surface area contributed by atoms with Crippen LogP contribution in [0.25, 0.3) is 22.1 Å². The number of nitrogens with zero attached hydrogens (tertiary/aromatic N) is 2. The molecule has 3 nitrogen and oxygen atoms in total. The predicted octanol–water partition coefficient (Wildman–Crippen LogP) is 5.31. The summed E-state index contributed by atoms with van der Waals surface area (Å²) in [6.45, 7) is 6.75. The molecule has 1 saturated heterocycles. The van der Waals surface area contributed by atoms with Crippen molar-refractivity contribution < 1.29 is 4.42 Å². The van der Waals surface area contributed by atoms with Gasteiger partial charge in [-0.2, -0.15) is 5.26 Å². The Hall–Kier alpha value is -2.57. The van der Waals surface area contributed by atoms with Crippen LogP contribution in [0.2, 0.25) is 0 Å². The van der Waals surface area contributed by atoms with Crippen molar-refractivity contribution in [3.8, 4) is 17.2 Å². The van der Waals surface area contributed by atoms with E-state index in [0.717, 1.165) is 29.9 Å². The minimum absolute atomic E-state index is 0.689. The molecule has 0 bridgehead atoms. The summed E-state index contributed by atoms with van der Waals surface area (Å²) in [6, 6.07) is 17.0. The zero-order chi connectivity index (χ0) is 18.1. The van der Waals surface area contributed by atoms with E-state index < -0.39 is 0 Å². The Kier molecular flexibility index (Phi) is 4.53. The van der Waals surface area contributed by atoms with E-state index in [2.05, 4.69) is 43.0 Å². The lowest BCUT2D eigenvalue weighted by Crippen LogP contribution is -2.28. The lowest BCUT2D eigenvalue weighted by Gasteiger charge is -2.19. The summed E-state index contributed by atoms with van der Waals surface area (Å²) < 4.78 is 6.10. The molecular weight excluding hydrogens is 320 g/mol. The second-order valence-corrected chi connectivity index (χ2v) is 7.33. The van der Waals surface area contributed by atoms with E-state index in [1.165, 1.54) is 35.9 Å². The zero-order valence-electron chi connectivity index (χ0n) is 15.5. The Morgan fingerprint density at radius 2 is 2.00 bits per heavy atom. The van der Waals surface area contributed by atoms with Crippen molar-refractivity contribution in [3.63, 3.8) is 0 Å². The first-order valence-corrected chi connectivity index (χ1v) is 9.42. The zero-order valence-corrected chi connectivity index (χ0v) is 15.5. The van der Waals surface area contributed by atoms with Gasteiger partial charge in [-0.3, -0.25) is 0 Å². The monoisotopic (exact) mass is 344 g/mol. The van der Waals surface area contributed by atoms with Crippen LogP contribution >= 0.6 is 0 Å². The van der Waals surface area contributed by atoms with Crippen molar-refractivity contribution in [2.75, 3.05) is 13.1 Å². The Morgan fingerprint density at radius 3 is 2.69 bits per heavy atom. The molecule has 0 amide bonds. The van der Waals surface area contributed by atoms with Crippen molar-refractivity contribution in [2.45, 2.75) is 39.2 Å². The molecule has 0 N–H and O–H groups in total. The van der Waals surface area contributed by atoms with Crippen LogP contribution < -0.4 is 0 Å². The van der Waals surface area contributed by atoms with E-state index in [9.17, 15) is 0 Å². The van der Waals surface area contributed by atoms with E-state index in [-0.39, 0.29) is 0 Å². The van der Waals surface area contributed by atoms with Crippen LogP contribution in [0.1, 0.15) is 36.7 Å². The molecule has 0 aliphatic carbocycles. The topological polar surface area (TPSA) is 40.2 Å². The average Bonchev–Trinajstić information content (AvgIpc) is 3.27. The van der Waals surface area contributed by atoms with E-state index in [0.29, 0.717) is 11.6 Å². The molecule has 4 rings (SSSR count). The molecule has 1 fully saturated rings. The fourth-order valence-electron chi connectivity index (χ4n) is 4.04. The van der Waals surface area contributed by atoms with Crippen LogP contribution in [0.3, 0.4) is 0 Å². The summed E-state index contributed by atoms with van der Waals surface area (Å²) >= 11 is 0. The van der Waals surface area contributed by atoms with Crippen LogP contribution in [0, 0.1) is 18.3 Å². The highest BCUT2D eigenvalue weighted by Gasteiger charge is 2.20. The van der Waals surface area contributed by atoms with Gasteiger partial charge in [0.25, 0.3) is 0 Å². The van der Waals surface area contributed by atoms with E-state index >= 15 is 0 Å². The van der Waals surface area contributed by atoms with Crippen molar-refractivity contribution in [3.05, 3.63) is 59.4 Å². The van der Waals surface area contributed by atoms with Crippen LogP contribution in [0.4, 0.5) is 0 Å². The summed E-state index contributed by atoms with van der Waals surface area (Å²) in [7, 11) is 0. The summed E-state index contributed by atoms with van der Waals surface area (Å²) in [6.07, 6.45) is 3.59. The molecule has 0 radical (unpaired) electrons. The number of nitriles is 1. The van der Waals surface area contributed by atoms with Gasteiger partial charge in [0.1, 0.15) is 11.3 Å². The SMILES string of the molecule is Cc1c(-c2ccc(C#N)cc2)ccc2oc(CCN3CCC[C@H]3C)cc12. The molecule has 3 aromatic rings. The Bertz CT molecular complexity index is 962. The molecule has 1 aliphatic rings. The fourth-order valence-corrected chi connectivity index (χ4v) is 4.04. The minimum Gasteiger partial charge on any atom is -0.461 e. The number of benzene rings is 2.